The molecule has 0 radical (unpaired) electrons. The zero-order valence-corrected chi connectivity index (χ0v) is 11.4. The molecule has 0 bridgehead atoms. The number of halogens is 1. The zero-order chi connectivity index (χ0) is 13.5. The van der Waals surface area contributed by atoms with E-state index in [0.29, 0.717) is 16.7 Å². The van der Waals surface area contributed by atoms with E-state index in [1.165, 1.54) is 13.3 Å². The van der Waals surface area contributed by atoms with E-state index in [-0.39, 0.29) is 31.1 Å². The van der Waals surface area contributed by atoms with Crippen molar-refractivity contribution < 1.29 is 14.6 Å². The molecule has 0 amide bonds. The van der Waals surface area contributed by atoms with Gasteiger partial charge in [-0.25, -0.2) is 4.68 Å². The fourth-order valence-electron chi connectivity index (χ4n) is 1.24. The second-order valence-electron chi connectivity index (χ2n) is 3.38. The van der Waals surface area contributed by atoms with Crippen molar-refractivity contribution in [2.45, 2.75) is 13.0 Å². The molecule has 0 fully saturated rings. The van der Waals surface area contributed by atoms with Crippen LogP contribution < -0.4 is 10.9 Å². The molecular formula is C10H14BrN3O4. The van der Waals surface area contributed by atoms with Crippen molar-refractivity contribution in [1.29, 1.82) is 0 Å². The molecule has 0 atom stereocenters. The highest BCUT2D eigenvalue weighted by atomic mass is 79.9. The number of nitrogens with one attached hydrogen (secondary N) is 1. The number of carbonyl (C=O) groups excluding carboxylic acids is 1. The largest absolute Gasteiger partial charge is 0.469 e. The number of rotatable bonds is 6. The Bertz CT molecular complexity index is 475. The third-order valence-corrected chi connectivity index (χ3v) is 2.94. The monoisotopic (exact) mass is 319 g/mol. The van der Waals surface area contributed by atoms with Crippen LogP contribution in [0.5, 0.6) is 0 Å². The third kappa shape index (κ3) is 3.81. The van der Waals surface area contributed by atoms with Gasteiger partial charge in [0.1, 0.15) is 4.47 Å². The number of aliphatic hydroxyl groups excluding tert-OH is 1. The summed E-state index contributed by atoms with van der Waals surface area (Å²) in [5, 5.41) is 15.5. The lowest BCUT2D eigenvalue weighted by Crippen LogP contribution is -2.26. The molecule has 2 N–H and O–H groups in total. The summed E-state index contributed by atoms with van der Waals surface area (Å²) in [6.45, 7) is 0.324. The minimum absolute atomic E-state index is 0.139. The summed E-state index contributed by atoms with van der Waals surface area (Å²) in [5.74, 6) is -0.333. The van der Waals surface area contributed by atoms with Crippen molar-refractivity contribution >= 4 is 27.6 Å². The summed E-state index contributed by atoms with van der Waals surface area (Å²) in [5.41, 5.74) is 0.158. The number of anilines is 1. The standard InChI is InChI=1S/C10H14BrN3O4/c1-18-8(16)2-3-12-7-6-13-14(4-5-15)10(17)9(7)11/h6,12,15H,2-5H2,1H3. The number of carbonyl (C=O) groups is 1. The van der Waals surface area contributed by atoms with Gasteiger partial charge in [-0.2, -0.15) is 5.10 Å². The van der Waals surface area contributed by atoms with Gasteiger partial charge in [0, 0.05) is 6.54 Å². The molecule has 0 saturated heterocycles. The maximum atomic E-state index is 11.7. The Morgan fingerprint density at radius 2 is 2.39 bits per heavy atom. The Hall–Kier alpha value is -1.41. The van der Waals surface area contributed by atoms with Gasteiger partial charge >= 0.3 is 5.97 Å². The van der Waals surface area contributed by atoms with Crippen molar-refractivity contribution in [2.75, 3.05) is 25.6 Å². The minimum Gasteiger partial charge on any atom is -0.469 e. The smallest absolute Gasteiger partial charge is 0.307 e. The van der Waals surface area contributed by atoms with Crippen molar-refractivity contribution in [3.63, 3.8) is 0 Å². The molecule has 0 saturated carbocycles. The van der Waals surface area contributed by atoms with Crippen LogP contribution in [0.4, 0.5) is 5.69 Å². The van der Waals surface area contributed by atoms with Crippen LogP contribution in [0.25, 0.3) is 0 Å². The highest BCUT2D eigenvalue weighted by molar-refractivity contribution is 9.10. The molecule has 0 unspecified atom stereocenters. The van der Waals surface area contributed by atoms with Crippen molar-refractivity contribution in [1.82, 2.24) is 9.78 Å². The molecule has 0 aromatic carbocycles. The van der Waals surface area contributed by atoms with E-state index in [2.05, 4.69) is 31.1 Å². The van der Waals surface area contributed by atoms with Crippen LogP contribution >= 0.6 is 15.9 Å². The molecule has 0 spiro atoms. The topological polar surface area (TPSA) is 93.4 Å². The van der Waals surface area contributed by atoms with E-state index >= 15 is 0 Å². The molecule has 100 valence electrons. The molecule has 1 heterocycles. The number of aromatic nitrogens is 2. The Morgan fingerprint density at radius 1 is 1.67 bits per heavy atom. The molecule has 8 heteroatoms. The first-order chi connectivity index (χ1) is 8.60. The lowest BCUT2D eigenvalue weighted by Gasteiger charge is -2.09. The number of hydrogen-bond acceptors (Lipinski definition) is 6. The van der Waals surface area contributed by atoms with Gasteiger partial charge in [-0.05, 0) is 15.9 Å². The van der Waals surface area contributed by atoms with Gasteiger partial charge in [-0.3, -0.25) is 9.59 Å². The zero-order valence-electron chi connectivity index (χ0n) is 9.85. The average molecular weight is 320 g/mol. The van der Waals surface area contributed by atoms with Crippen LogP contribution in [0.2, 0.25) is 0 Å². The van der Waals surface area contributed by atoms with Crippen LogP contribution in [0.3, 0.4) is 0 Å². The van der Waals surface area contributed by atoms with Gasteiger partial charge in [-0.1, -0.05) is 0 Å². The fraction of sp³-hybridized carbons (Fsp3) is 0.500. The number of hydrogen-bond donors (Lipinski definition) is 2. The van der Waals surface area contributed by atoms with E-state index in [1.807, 2.05) is 0 Å². The van der Waals surface area contributed by atoms with Gasteiger partial charge in [0.15, 0.2) is 0 Å². The lowest BCUT2D eigenvalue weighted by atomic mass is 10.4. The molecule has 1 aromatic heterocycles. The van der Waals surface area contributed by atoms with Crippen LogP contribution in [-0.2, 0) is 16.1 Å². The number of esters is 1. The minimum atomic E-state index is -0.341. The molecule has 0 aliphatic heterocycles. The predicted octanol–water partition coefficient (Wildman–Crippen LogP) is -0.0269. The van der Waals surface area contributed by atoms with E-state index < -0.39 is 0 Å². The Balaban J connectivity index is 2.70. The summed E-state index contributed by atoms with van der Waals surface area (Å²) in [4.78, 5) is 22.7. The van der Waals surface area contributed by atoms with Gasteiger partial charge < -0.3 is 15.2 Å². The molecule has 1 rings (SSSR count). The van der Waals surface area contributed by atoms with E-state index in [0.717, 1.165) is 4.68 Å². The van der Waals surface area contributed by atoms with Gasteiger partial charge in [-0.15, -0.1) is 0 Å². The first-order valence-electron chi connectivity index (χ1n) is 5.27. The van der Waals surface area contributed by atoms with Crippen molar-refractivity contribution in [3.05, 3.63) is 21.0 Å². The van der Waals surface area contributed by atoms with Crippen molar-refractivity contribution in [3.8, 4) is 0 Å². The first kappa shape index (κ1) is 14.7. The summed E-state index contributed by atoms with van der Waals surface area (Å²) >= 11 is 3.15. The number of ether oxygens (including phenoxy) is 1. The van der Waals surface area contributed by atoms with Gasteiger partial charge in [0.05, 0.1) is 38.6 Å². The second kappa shape index (κ2) is 7.12. The molecule has 7 nitrogen and oxygen atoms in total. The van der Waals surface area contributed by atoms with Gasteiger partial charge in [0.2, 0.25) is 0 Å². The van der Waals surface area contributed by atoms with E-state index in [4.69, 9.17) is 5.11 Å². The van der Waals surface area contributed by atoms with E-state index in [1.54, 1.807) is 0 Å². The average Bonchev–Trinajstić information content (AvgIpc) is 2.37. The SMILES string of the molecule is COC(=O)CCNc1cnn(CCO)c(=O)c1Br. The van der Waals surface area contributed by atoms with Crippen LogP contribution in [0, 0.1) is 0 Å². The fourth-order valence-corrected chi connectivity index (χ4v) is 1.69. The lowest BCUT2D eigenvalue weighted by molar-refractivity contribution is -0.140. The maximum Gasteiger partial charge on any atom is 0.307 e. The maximum absolute atomic E-state index is 11.7. The summed E-state index contributed by atoms with van der Waals surface area (Å²) < 4.78 is 5.96. The molecule has 0 aliphatic rings. The molecular weight excluding hydrogens is 306 g/mol. The molecule has 18 heavy (non-hydrogen) atoms. The first-order valence-corrected chi connectivity index (χ1v) is 6.06. The summed E-state index contributed by atoms with van der Waals surface area (Å²) in [7, 11) is 1.32. The molecule has 0 aliphatic carbocycles. The second-order valence-corrected chi connectivity index (χ2v) is 4.17. The normalized spacial score (nSPS) is 10.2. The number of methoxy groups -OCH3 is 1. The summed E-state index contributed by atoms with van der Waals surface area (Å²) in [6.07, 6.45) is 1.65. The Labute approximate surface area is 112 Å². The highest BCUT2D eigenvalue weighted by Gasteiger charge is 2.08. The van der Waals surface area contributed by atoms with E-state index in [9.17, 15) is 9.59 Å². The van der Waals surface area contributed by atoms with Crippen LogP contribution in [0.15, 0.2) is 15.5 Å². The third-order valence-electron chi connectivity index (χ3n) is 2.17. The quantitative estimate of drug-likeness (QED) is 0.715. The number of nitrogens with zero attached hydrogens (tertiary/aromatic N) is 2. The predicted molar refractivity (Wildman–Crippen MR) is 68.4 cm³/mol. The van der Waals surface area contributed by atoms with Crippen LogP contribution in [-0.4, -0.2) is 41.1 Å². The van der Waals surface area contributed by atoms with Crippen molar-refractivity contribution in [2.24, 2.45) is 0 Å². The Kier molecular flexibility index (Phi) is 5.79. The van der Waals surface area contributed by atoms with Gasteiger partial charge in [0.25, 0.3) is 5.56 Å². The number of aliphatic hydroxyl groups is 1. The Morgan fingerprint density at radius 3 is 3.00 bits per heavy atom. The van der Waals surface area contributed by atoms with Crippen LogP contribution in [0.1, 0.15) is 6.42 Å². The molecule has 1 aromatic rings. The highest BCUT2D eigenvalue weighted by Crippen LogP contribution is 2.15. The summed E-state index contributed by atoms with van der Waals surface area (Å²) in [6, 6.07) is 0.